The van der Waals surface area contributed by atoms with E-state index in [-0.39, 0.29) is 18.3 Å². The molecule has 182 valence electrons. The van der Waals surface area contributed by atoms with Crippen molar-refractivity contribution in [3.8, 4) is 0 Å². The van der Waals surface area contributed by atoms with E-state index in [1.54, 1.807) is 13.8 Å². The first-order chi connectivity index (χ1) is 17.5. The molecule has 0 aliphatic carbocycles. The number of rotatable bonds is 8. The van der Waals surface area contributed by atoms with Crippen LogP contribution in [0.4, 0.5) is 5.13 Å². The fourth-order valence-corrected chi connectivity index (χ4v) is 5.26. The van der Waals surface area contributed by atoms with E-state index in [4.69, 9.17) is 9.72 Å². The smallest absolute Gasteiger partial charge is 0.350 e. The molecule has 3 heterocycles. The van der Waals surface area contributed by atoms with Gasteiger partial charge in [0.05, 0.1) is 23.6 Å². The lowest BCUT2D eigenvalue weighted by molar-refractivity contribution is -0.113. The highest BCUT2D eigenvalue weighted by Gasteiger charge is 2.19. The van der Waals surface area contributed by atoms with Gasteiger partial charge in [0.2, 0.25) is 11.1 Å². The zero-order chi connectivity index (χ0) is 25.1. The minimum atomic E-state index is -0.443. The van der Waals surface area contributed by atoms with Gasteiger partial charge in [0, 0.05) is 11.9 Å². The number of para-hydroxylation sites is 1. The average Bonchev–Trinajstić information content (AvgIpc) is 3.41. The Bertz CT molecular complexity index is 1560. The number of anilines is 1. The van der Waals surface area contributed by atoms with Gasteiger partial charge >= 0.3 is 5.97 Å². The topological polar surface area (TPSA) is 112 Å². The summed E-state index contributed by atoms with van der Waals surface area (Å²) in [6.07, 6.45) is 0. The second kappa shape index (κ2) is 10.4. The number of aryl methyl sites for hydroxylation is 1. The average molecular weight is 519 g/mol. The number of fused-ring (bicyclic) bond motifs is 3. The number of thiazole rings is 1. The Morgan fingerprint density at radius 2 is 1.83 bits per heavy atom. The first-order valence-electron chi connectivity index (χ1n) is 11.3. The van der Waals surface area contributed by atoms with Gasteiger partial charge in [-0.05, 0) is 25.5 Å². The molecule has 0 saturated heterocycles. The molecule has 0 radical (unpaired) electrons. The first kappa shape index (κ1) is 23.9. The first-order valence-corrected chi connectivity index (χ1v) is 13.1. The number of ether oxygens (including phenoxy) is 1. The number of carbonyl (C=O) groups is 2. The fourth-order valence-electron chi connectivity index (χ4n) is 3.80. The van der Waals surface area contributed by atoms with Gasteiger partial charge in [-0.2, -0.15) is 0 Å². The van der Waals surface area contributed by atoms with Gasteiger partial charge in [-0.1, -0.05) is 71.6 Å². The van der Waals surface area contributed by atoms with Crippen LogP contribution in [0.3, 0.4) is 0 Å². The number of carbonyl (C=O) groups excluding carboxylic acids is 2. The number of benzene rings is 2. The van der Waals surface area contributed by atoms with Crippen LogP contribution >= 0.6 is 23.1 Å². The van der Waals surface area contributed by atoms with Gasteiger partial charge in [0.1, 0.15) is 10.4 Å². The summed E-state index contributed by atoms with van der Waals surface area (Å²) in [7, 11) is 0. The minimum Gasteiger partial charge on any atom is -0.462 e. The molecular formula is C25H22N6O3S2. The second-order valence-electron chi connectivity index (χ2n) is 7.85. The van der Waals surface area contributed by atoms with Crippen LogP contribution in [0.1, 0.15) is 27.9 Å². The predicted octanol–water partition coefficient (Wildman–Crippen LogP) is 4.70. The van der Waals surface area contributed by atoms with Crippen molar-refractivity contribution in [2.45, 2.75) is 25.5 Å². The lowest BCUT2D eigenvalue weighted by atomic mass is 10.2. The molecule has 5 aromatic rings. The van der Waals surface area contributed by atoms with Crippen molar-refractivity contribution in [1.29, 1.82) is 0 Å². The van der Waals surface area contributed by atoms with Crippen LogP contribution in [0.5, 0.6) is 0 Å². The third kappa shape index (κ3) is 4.93. The van der Waals surface area contributed by atoms with Crippen molar-refractivity contribution in [2.24, 2.45) is 0 Å². The van der Waals surface area contributed by atoms with Crippen LogP contribution in [0.2, 0.25) is 0 Å². The van der Waals surface area contributed by atoms with E-state index in [2.05, 4.69) is 37.2 Å². The third-order valence-corrected chi connectivity index (χ3v) is 7.26. The normalized spacial score (nSPS) is 11.2. The molecule has 0 fully saturated rings. The van der Waals surface area contributed by atoms with E-state index in [0.29, 0.717) is 33.1 Å². The zero-order valence-electron chi connectivity index (χ0n) is 19.6. The van der Waals surface area contributed by atoms with E-state index in [1.807, 2.05) is 42.5 Å². The van der Waals surface area contributed by atoms with Crippen LogP contribution in [-0.2, 0) is 16.1 Å². The maximum atomic E-state index is 12.6. The lowest BCUT2D eigenvalue weighted by Gasteiger charge is -2.07. The summed E-state index contributed by atoms with van der Waals surface area (Å²) in [5.41, 5.74) is 4.13. The third-order valence-electron chi connectivity index (χ3n) is 5.37. The van der Waals surface area contributed by atoms with Crippen molar-refractivity contribution in [3.63, 3.8) is 0 Å². The summed E-state index contributed by atoms with van der Waals surface area (Å²) in [5, 5.41) is 13.1. The quantitative estimate of drug-likeness (QED) is 0.232. The monoisotopic (exact) mass is 518 g/mol. The Kier molecular flexibility index (Phi) is 6.92. The molecule has 0 saturated carbocycles. The molecule has 0 aliphatic rings. The van der Waals surface area contributed by atoms with Crippen molar-refractivity contribution >= 4 is 62.2 Å². The van der Waals surface area contributed by atoms with Crippen LogP contribution in [0, 0.1) is 6.92 Å². The Labute approximate surface area is 214 Å². The van der Waals surface area contributed by atoms with Gasteiger partial charge in [0.15, 0.2) is 10.8 Å². The molecule has 0 aliphatic heterocycles. The number of nitrogens with zero attached hydrogens (tertiary/aromatic N) is 5. The van der Waals surface area contributed by atoms with Crippen LogP contribution in [0.25, 0.3) is 22.1 Å². The maximum absolute atomic E-state index is 12.6. The van der Waals surface area contributed by atoms with Crippen LogP contribution in [0.15, 0.2) is 59.8 Å². The predicted molar refractivity (Wildman–Crippen MR) is 141 cm³/mol. The van der Waals surface area contributed by atoms with Crippen molar-refractivity contribution in [1.82, 2.24) is 24.7 Å². The summed E-state index contributed by atoms with van der Waals surface area (Å²) < 4.78 is 7.14. The largest absolute Gasteiger partial charge is 0.462 e. The number of esters is 1. The molecule has 11 heteroatoms. The van der Waals surface area contributed by atoms with Crippen LogP contribution in [-0.4, -0.2) is 49.0 Å². The molecule has 5 rings (SSSR count). The molecule has 9 nitrogen and oxygen atoms in total. The molecule has 36 heavy (non-hydrogen) atoms. The molecule has 1 N–H and O–H groups in total. The van der Waals surface area contributed by atoms with Gasteiger partial charge < -0.3 is 14.6 Å². The number of nitrogens with one attached hydrogen (secondary N) is 1. The number of thioether (sulfide) groups is 1. The maximum Gasteiger partial charge on any atom is 0.350 e. The number of aromatic nitrogens is 5. The number of amides is 1. The minimum absolute atomic E-state index is 0.0689. The zero-order valence-corrected chi connectivity index (χ0v) is 21.2. The summed E-state index contributed by atoms with van der Waals surface area (Å²) in [5.74, 6) is -0.654. The molecule has 3 aromatic heterocycles. The molecule has 1 amide bonds. The van der Waals surface area contributed by atoms with Crippen LogP contribution < -0.4 is 5.32 Å². The van der Waals surface area contributed by atoms with E-state index in [1.165, 1.54) is 11.8 Å². The van der Waals surface area contributed by atoms with E-state index in [0.717, 1.165) is 33.3 Å². The summed E-state index contributed by atoms with van der Waals surface area (Å²) in [6.45, 7) is 4.36. The van der Waals surface area contributed by atoms with E-state index < -0.39 is 5.97 Å². The van der Waals surface area contributed by atoms with Gasteiger partial charge in [0.25, 0.3) is 0 Å². The Balaban J connectivity index is 1.34. The Morgan fingerprint density at radius 1 is 1.06 bits per heavy atom. The van der Waals surface area contributed by atoms with E-state index >= 15 is 0 Å². The molecular weight excluding hydrogens is 496 g/mol. The van der Waals surface area contributed by atoms with Crippen molar-refractivity contribution < 1.29 is 14.3 Å². The summed E-state index contributed by atoms with van der Waals surface area (Å²) in [6, 6.07) is 18.2. The summed E-state index contributed by atoms with van der Waals surface area (Å²) in [4.78, 5) is 33.9. The van der Waals surface area contributed by atoms with Gasteiger partial charge in [-0.15, -0.1) is 10.2 Å². The highest BCUT2D eigenvalue weighted by molar-refractivity contribution is 7.99. The highest BCUT2D eigenvalue weighted by atomic mass is 32.2. The second-order valence-corrected chi connectivity index (χ2v) is 9.79. The van der Waals surface area contributed by atoms with Gasteiger partial charge in [-0.3, -0.25) is 4.79 Å². The van der Waals surface area contributed by atoms with Crippen molar-refractivity contribution in [3.05, 3.63) is 70.7 Å². The van der Waals surface area contributed by atoms with Gasteiger partial charge in [-0.25, -0.2) is 14.8 Å². The molecule has 0 spiro atoms. The van der Waals surface area contributed by atoms with E-state index in [9.17, 15) is 9.59 Å². The Hall–Kier alpha value is -3.83. The lowest BCUT2D eigenvalue weighted by Crippen LogP contribution is -2.14. The number of hydrogen-bond donors (Lipinski definition) is 1. The Morgan fingerprint density at radius 3 is 2.64 bits per heavy atom. The standard InChI is InChI=1S/C25H22N6O3S2/c1-3-34-23(33)21-15(2)26-24(36-21)27-19(32)14-35-25-28-22-20(29-30-25)17-11-7-8-12-18(17)31(22)13-16-9-5-4-6-10-16/h4-12H,3,13-14H2,1-2H3,(H,26,27,32). The molecule has 0 atom stereocenters. The number of hydrogen-bond acceptors (Lipinski definition) is 9. The molecule has 2 aromatic carbocycles. The molecule has 0 unspecified atom stereocenters. The molecule has 0 bridgehead atoms. The highest BCUT2D eigenvalue weighted by Crippen LogP contribution is 2.28. The fraction of sp³-hybridized carbons (Fsp3) is 0.200. The van der Waals surface area contributed by atoms with Crippen molar-refractivity contribution in [2.75, 3.05) is 17.7 Å². The SMILES string of the molecule is CCOC(=O)c1sc(NC(=O)CSc2nnc3c4ccccc4n(Cc4ccccc4)c3n2)nc1C. The summed E-state index contributed by atoms with van der Waals surface area (Å²) >= 11 is 2.28.